The second kappa shape index (κ2) is 9.07. The van der Waals surface area contributed by atoms with Crippen LogP contribution in [-0.4, -0.2) is 30.2 Å². The second-order valence-electron chi connectivity index (χ2n) is 9.53. The van der Waals surface area contributed by atoms with Crippen LogP contribution in [0.4, 0.5) is 5.69 Å². The van der Waals surface area contributed by atoms with Crippen molar-refractivity contribution in [3.8, 4) is 0 Å². The summed E-state index contributed by atoms with van der Waals surface area (Å²) in [7, 11) is 0. The fourth-order valence-electron chi connectivity index (χ4n) is 4.27. The van der Waals surface area contributed by atoms with Gasteiger partial charge >= 0.3 is 0 Å². The predicted octanol–water partition coefficient (Wildman–Crippen LogP) is 4.47. The van der Waals surface area contributed by atoms with Gasteiger partial charge in [-0.2, -0.15) is 4.98 Å². The first kappa shape index (κ1) is 23.5. The molecule has 36 heavy (non-hydrogen) atoms. The van der Waals surface area contributed by atoms with E-state index in [-0.39, 0.29) is 30.5 Å². The molecule has 3 heterocycles. The number of hydrogen-bond acceptors (Lipinski definition) is 6. The molecule has 184 valence electrons. The standard InChI is InChI=1S/C27H28N6O3/c1-15(2)26-30-23(36-31-26)13-32-14-28-24-20-10-16(3)6-9-21(20)33(25(24)27(32)35)12-22(34)29-19-8-7-17(4)18(5)11-19/h6-11,14-15H,12-13H2,1-5H3,(H,29,34). The third-order valence-corrected chi connectivity index (χ3v) is 6.38. The van der Waals surface area contributed by atoms with Crippen LogP contribution in [0.1, 0.15) is 48.2 Å². The SMILES string of the molecule is Cc1ccc2c(c1)c1ncn(Cc3nc(C(C)C)no3)c(=O)c1n2CC(=O)Nc1ccc(C)c(C)c1. The van der Waals surface area contributed by atoms with E-state index in [1.165, 1.54) is 10.9 Å². The second-order valence-corrected chi connectivity index (χ2v) is 9.53. The minimum atomic E-state index is -0.280. The molecule has 1 N–H and O–H groups in total. The summed E-state index contributed by atoms with van der Waals surface area (Å²) < 4.78 is 8.50. The van der Waals surface area contributed by atoms with Gasteiger partial charge in [0.25, 0.3) is 5.56 Å². The molecule has 0 saturated carbocycles. The lowest BCUT2D eigenvalue weighted by molar-refractivity contribution is -0.116. The molecule has 0 fully saturated rings. The first-order chi connectivity index (χ1) is 17.2. The fraction of sp³-hybridized carbons (Fsp3) is 0.296. The zero-order valence-corrected chi connectivity index (χ0v) is 21.0. The number of carbonyl (C=O) groups excluding carboxylic acids is 1. The van der Waals surface area contributed by atoms with Gasteiger partial charge in [0.05, 0.1) is 11.8 Å². The molecular formula is C27H28N6O3. The molecule has 0 saturated heterocycles. The van der Waals surface area contributed by atoms with Gasteiger partial charge in [-0.25, -0.2) is 4.98 Å². The number of fused-ring (bicyclic) bond motifs is 3. The van der Waals surface area contributed by atoms with Crippen LogP contribution < -0.4 is 10.9 Å². The Morgan fingerprint density at radius 2 is 1.89 bits per heavy atom. The lowest BCUT2D eigenvalue weighted by Gasteiger charge is -2.10. The summed E-state index contributed by atoms with van der Waals surface area (Å²) in [5.41, 5.74) is 5.41. The van der Waals surface area contributed by atoms with Crippen LogP contribution in [0, 0.1) is 20.8 Å². The monoisotopic (exact) mass is 484 g/mol. The molecule has 0 spiro atoms. The van der Waals surface area contributed by atoms with Crippen molar-refractivity contribution in [2.45, 2.75) is 53.6 Å². The molecule has 0 bridgehead atoms. The normalized spacial score (nSPS) is 11.6. The first-order valence-electron chi connectivity index (χ1n) is 11.9. The van der Waals surface area contributed by atoms with Crippen LogP contribution in [0.3, 0.4) is 0 Å². The average Bonchev–Trinajstić information content (AvgIpc) is 3.41. The number of benzene rings is 2. The van der Waals surface area contributed by atoms with Crippen molar-refractivity contribution >= 4 is 33.5 Å². The van der Waals surface area contributed by atoms with E-state index < -0.39 is 0 Å². The van der Waals surface area contributed by atoms with E-state index in [0.29, 0.717) is 28.4 Å². The van der Waals surface area contributed by atoms with Crippen molar-refractivity contribution in [3.63, 3.8) is 0 Å². The average molecular weight is 485 g/mol. The highest BCUT2D eigenvalue weighted by atomic mass is 16.5. The van der Waals surface area contributed by atoms with Crippen molar-refractivity contribution in [1.29, 1.82) is 0 Å². The van der Waals surface area contributed by atoms with Gasteiger partial charge < -0.3 is 14.4 Å². The van der Waals surface area contributed by atoms with Crippen molar-refractivity contribution in [3.05, 3.63) is 81.5 Å². The van der Waals surface area contributed by atoms with E-state index in [9.17, 15) is 9.59 Å². The highest BCUT2D eigenvalue weighted by molar-refractivity contribution is 6.06. The summed E-state index contributed by atoms with van der Waals surface area (Å²) >= 11 is 0. The van der Waals surface area contributed by atoms with Gasteiger partial charge in [-0.15, -0.1) is 0 Å². The maximum absolute atomic E-state index is 13.7. The smallest absolute Gasteiger partial charge is 0.278 e. The van der Waals surface area contributed by atoms with Crippen molar-refractivity contribution in [2.75, 3.05) is 5.32 Å². The minimum absolute atomic E-state index is 0.0328. The largest absolute Gasteiger partial charge is 0.337 e. The number of rotatable bonds is 6. The highest BCUT2D eigenvalue weighted by Gasteiger charge is 2.20. The summed E-state index contributed by atoms with van der Waals surface area (Å²) in [4.78, 5) is 35.7. The van der Waals surface area contributed by atoms with Crippen LogP contribution in [0.5, 0.6) is 0 Å². The summed E-state index contributed by atoms with van der Waals surface area (Å²) in [6, 6.07) is 11.7. The number of nitrogens with one attached hydrogen (secondary N) is 1. The minimum Gasteiger partial charge on any atom is -0.337 e. The quantitative estimate of drug-likeness (QED) is 0.381. The maximum Gasteiger partial charge on any atom is 0.278 e. The molecular weight excluding hydrogens is 456 g/mol. The van der Waals surface area contributed by atoms with Gasteiger partial charge in [0.1, 0.15) is 24.1 Å². The van der Waals surface area contributed by atoms with Crippen molar-refractivity contribution in [1.82, 2.24) is 24.3 Å². The molecule has 0 aliphatic heterocycles. The molecule has 9 nitrogen and oxygen atoms in total. The number of carbonyl (C=O) groups is 1. The summed E-state index contributed by atoms with van der Waals surface area (Å²) in [5, 5.41) is 7.76. The number of amides is 1. The van der Waals surface area contributed by atoms with E-state index in [0.717, 1.165) is 27.6 Å². The molecule has 3 aromatic heterocycles. The summed E-state index contributed by atoms with van der Waals surface area (Å²) in [6.45, 7) is 10.0. The van der Waals surface area contributed by atoms with Gasteiger partial charge in [-0.3, -0.25) is 14.2 Å². The Labute approximate surface area is 207 Å². The van der Waals surface area contributed by atoms with Crippen LogP contribution in [0.25, 0.3) is 21.9 Å². The van der Waals surface area contributed by atoms with Crippen LogP contribution in [0.2, 0.25) is 0 Å². The summed E-state index contributed by atoms with van der Waals surface area (Å²) in [5.74, 6) is 0.792. The van der Waals surface area contributed by atoms with E-state index in [1.807, 2.05) is 71.0 Å². The number of nitrogens with zero attached hydrogens (tertiary/aromatic N) is 5. The zero-order valence-electron chi connectivity index (χ0n) is 21.0. The lowest BCUT2D eigenvalue weighted by atomic mass is 10.1. The molecule has 0 unspecified atom stereocenters. The molecule has 0 aliphatic rings. The molecule has 0 aliphatic carbocycles. The Hall–Kier alpha value is -4.27. The van der Waals surface area contributed by atoms with Gasteiger partial charge in [-0.05, 0) is 56.2 Å². The van der Waals surface area contributed by atoms with Crippen LogP contribution in [0.15, 0.2) is 52.0 Å². The van der Waals surface area contributed by atoms with Crippen LogP contribution in [-0.2, 0) is 17.9 Å². The Bertz CT molecular complexity index is 1670. The van der Waals surface area contributed by atoms with Crippen molar-refractivity contribution < 1.29 is 9.32 Å². The van der Waals surface area contributed by atoms with Crippen molar-refractivity contribution in [2.24, 2.45) is 0 Å². The van der Waals surface area contributed by atoms with E-state index in [1.54, 1.807) is 4.57 Å². The molecule has 0 atom stereocenters. The lowest BCUT2D eigenvalue weighted by Crippen LogP contribution is -2.25. The Morgan fingerprint density at radius 1 is 1.08 bits per heavy atom. The van der Waals surface area contributed by atoms with Gasteiger partial charge in [-0.1, -0.05) is 36.7 Å². The summed E-state index contributed by atoms with van der Waals surface area (Å²) in [6.07, 6.45) is 1.49. The molecule has 1 amide bonds. The maximum atomic E-state index is 13.7. The number of aryl methyl sites for hydroxylation is 3. The molecule has 0 radical (unpaired) electrons. The number of aromatic nitrogens is 5. The number of hydrogen-bond donors (Lipinski definition) is 1. The molecule has 9 heteroatoms. The third kappa shape index (κ3) is 4.28. The Kier molecular flexibility index (Phi) is 5.91. The van der Waals surface area contributed by atoms with E-state index in [2.05, 4.69) is 20.4 Å². The zero-order chi connectivity index (χ0) is 25.6. The van der Waals surface area contributed by atoms with Gasteiger partial charge in [0.15, 0.2) is 5.82 Å². The van der Waals surface area contributed by atoms with Crippen LogP contribution >= 0.6 is 0 Å². The molecule has 2 aromatic carbocycles. The Balaban J connectivity index is 1.57. The highest BCUT2D eigenvalue weighted by Crippen LogP contribution is 2.27. The van der Waals surface area contributed by atoms with Gasteiger partial charge in [0.2, 0.25) is 11.8 Å². The third-order valence-electron chi connectivity index (χ3n) is 6.38. The first-order valence-corrected chi connectivity index (χ1v) is 11.9. The molecule has 5 aromatic rings. The van der Waals surface area contributed by atoms with E-state index >= 15 is 0 Å². The molecule has 5 rings (SSSR count). The fourth-order valence-corrected chi connectivity index (χ4v) is 4.27. The topological polar surface area (TPSA) is 108 Å². The van der Waals surface area contributed by atoms with E-state index in [4.69, 9.17) is 4.52 Å². The Morgan fingerprint density at radius 3 is 2.61 bits per heavy atom. The number of anilines is 1. The van der Waals surface area contributed by atoms with Gasteiger partial charge in [0, 0.05) is 17.0 Å². The predicted molar refractivity (Wildman–Crippen MR) is 138 cm³/mol.